The van der Waals surface area contributed by atoms with Crippen molar-refractivity contribution in [2.45, 2.75) is 6.92 Å². The molecule has 0 fully saturated rings. The molecule has 0 radical (unpaired) electrons. The second-order valence-corrected chi connectivity index (χ2v) is 4.11. The van der Waals surface area contributed by atoms with Gasteiger partial charge in [-0.2, -0.15) is 0 Å². The van der Waals surface area contributed by atoms with Gasteiger partial charge in [0.2, 0.25) is 0 Å². The molecule has 2 nitrogen and oxygen atoms in total. The maximum absolute atomic E-state index is 9.61. The zero-order chi connectivity index (χ0) is 10.3. The van der Waals surface area contributed by atoms with E-state index < -0.39 is 0 Å². The zero-order valence-electron chi connectivity index (χ0n) is 7.58. The van der Waals surface area contributed by atoms with E-state index in [4.69, 9.17) is 0 Å². The number of phenols is 2. The van der Waals surface area contributed by atoms with Crippen molar-refractivity contribution in [3.63, 3.8) is 0 Å². The Hall–Kier alpha value is -1.22. The van der Waals surface area contributed by atoms with Gasteiger partial charge in [0, 0.05) is 9.86 Å². The Balaban J connectivity index is 2.89. The summed E-state index contributed by atoms with van der Waals surface area (Å²) in [6.45, 7) is 1.94. The predicted octanol–water partition coefficient (Wildman–Crippen LogP) is 3.32. The van der Waals surface area contributed by atoms with Crippen LogP contribution in [0.4, 0.5) is 0 Å². The molecule has 0 aliphatic heterocycles. The minimum atomic E-state index is -0.0841. The number of rotatable bonds is 0. The summed E-state index contributed by atoms with van der Waals surface area (Å²) in [5.74, 6) is -0.141. The molecule has 0 unspecified atom stereocenters. The summed E-state index contributed by atoms with van der Waals surface area (Å²) in [6.07, 6.45) is 0. The normalized spacial score (nSPS) is 10.7. The van der Waals surface area contributed by atoms with Crippen molar-refractivity contribution in [3.8, 4) is 11.5 Å². The average Bonchev–Trinajstić information content (AvgIpc) is 2.15. The number of aromatic hydroxyl groups is 2. The van der Waals surface area contributed by atoms with Gasteiger partial charge in [0.05, 0.1) is 0 Å². The number of fused-ring (bicyclic) bond motifs is 1. The third-order valence-electron chi connectivity index (χ3n) is 2.25. The van der Waals surface area contributed by atoms with Crippen molar-refractivity contribution in [3.05, 3.63) is 34.3 Å². The van der Waals surface area contributed by atoms with Gasteiger partial charge in [-0.25, -0.2) is 0 Å². The van der Waals surface area contributed by atoms with E-state index in [1.807, 2.05) is 19.1 Å². The summed E-state index contributed by atoms with van der Waals surface area (Å²) >= 11 is 3.42. The summed E-state index contributed by atoms with van der Waals surface area (Å²) in [6, 6.07) is 7.02. The van der Waals surface area contributed by atoms with Crippen LogP contribution in [0.25, 0.3) is 10.8 Å². The molecule has 2 aromatic rings. The minimum absolute atomic E-state index is 0.0573. The van der Waals surface area contributed by atoms with Crippen LogP contribution in [0.1, 0.15) is 5.56 Å². The van der Waals surface area contributed by atoms with Crippen molar-refractivity contribution in [2.75, 3.05) is 0 Å². The molecule has 0 aliphatic carbocycles. The smallest absolute Gasteiger partial charge is 0.165 e. The van der Waals surface area contributed by atoms with Gasteiger partial charge in [-0.1, -0.05) is 22.0 Å². The van der Waals surface area contributed by atoms with Gasteiger partial charge < -0.3 is 10.2 Å². The second-order valence-electron chi connectivity index (χ2n) is 3.26. The molecule has 0 saturated heterocycles. The first-order valence-corrected chi connectivity index (χ1v) is 4.99. The Labute approximate surface area is 89.9 Å². The number of halogens is 1. The number of aryl methyl sites for hydroxylation is 1. The van der Waals surface area contributed by atoms with Crippen molar-refractivity contribution in [1.29, 1.82) is 0 Å². The Morgan fingerprint density at radius 1 is 1.14 bits per heavy atom. The van der Waals surface area contributed by atoms with E-state index >= 15 is 0 Å². The monoisotopic (exact) mass is 252 g/mol. The summed E-state index contributed by atoms with van der Waals surface area (Å²) in [7, 11) is 0. The van der Waals surface area contributed by atoms with Crippen LogP contribution in [0.3, 0.4) is 0 Å². The molecule has 14 heavy (non-hydrogen) atoms. The number of hydrogen-bond acceptors (Lipinski definition) is 2. The molecule has 0 spiro atoms. The molecule has 3 heteroatoms. The molecule has 0 heterocycles. The van der Waals surface area contributed by atoms with E-state index in [0.717, 1.165) is 15.4 Å². The highest BCUT2D eigenvalue weighted by Crippen LogP contribution is 2.35. The summed E-state index contributed by atoms with van der Waals surface area (Å²) in [5.41, 5.74) is 1.03. The standard InChI is InChI=1S/C11H9BrO2/c1-6-4-8-7(5-9(6)12)2-3-10(13)11(8)14/h2-5,13-14H,1H3. The van der Waals surface area contributed by atoms with Crippen molar-refractivity contribution in [2.24, 2.45) is 0 Å². The molecule has 0 bridgehead atoms. The first kappa shape index (κ1) is 9.34. The van der Waals surface area contributed by atoms with Gasteiger partial charge in [-0.15, -0.1) is 0 Å². The van der Waals surface area contributed by atoms with Crippen LogP contribution in [0.15, 0.2) is 28.7 Å². The largest absolute Gasteiger partial charge is 0.504 e. The number of phenolic OH excluding ortho intramolecular Hbond substituents is 2. The highest BCUT2D eigenvalue weighted by molar-refractivity contribution is 9.10. The molecular weight excluding hydrogens is 244 g/mol. The number of benzene rings is 2. The fourth-order valence-electron chi connectivity index (χ4n) is 1.43. The van der Waals surface area contributed by atoms with E-state index in [1.165, 1.54) is 6.07 Å². The van der Waals surface area contributed by atoms with Crippen LogP contribution in [0.5, 0.6) is 11.5 Å². The van der Waals surface area contributed by atoms with Gasteiger partial charge in [0.25, 0.3) is 0 Å². The predicted molar refractivity (Wildman–Crippen MR) is 59.7 cm³/mol. The topological polar surface area (TPSA) is 40.5 Å². The van der Waals surface area contributed by atoms with Gasteiger partial charge in [-0.05, 0) is 36.1 Å². The molecule has 0 aliphatic rings. The van der Waals surface area contributed by atoms with E-state index in [2.05, 4.69) is 15.9 Å². The number of hydrogen-bond donors (Lipinski definition) is 2. The average molecular weight is 253 g/mol. The van der Waals surface area contributed by atoms with Gasteiger partial charge in [0.1, 0.15) is 0 Å². The zero-order valence-corrected chi connectivity index (χ0v) is 9.17. The first-order chi connectivity index (χ1) is 6.59. The molecule has 0 atom stereocenters. The lowest BCUT2D eigenvalue weighted by molar-refractivity contribution is 0.408. The molecule has 2 rings (SSSR count). The van der Waals surface area contributed by atoms with Crippen LogP contribution in [-0.4, -0.2) is 10.2 Å². The third kappa shape index (κ3) is 1.34. The van der Waals surface area contributed by atoms with Crippen LogP contribution in [-0.2, 0) is 0 Å². The van der Waals surface area contributed by atoms with Crippen LogP contribution >= 0.6 is 15.9 Å². The first-order valence-electron chi connectivity index (χ1n) is 4.20. The fraction of sp³-hybridized carbons (Fsp3) is 0.0909. The third-order valence-corrected chi connectivity index (χ3v) is 3.10. The second kappa shape index (κ2) is 3.17. The highest BCUT2D eigenvalue weighted by atomic mass is 79.9. The summed E-state index contributed by atoms with van der Waals surface area (Å²) in [4.78, 5) is 0. The van der Waals surface area contributed by atoms with Crippen LogP contribution in [0.2, 0.25) is 0 Å². The van der Waals surface area contributed by atoms with E-state index in [0.29, 0.717) is 5.39 Å². The maximum atomic E-state index is 9.61. The van der Waals surface area contributed by atoms with Crippen LogP contribution < -0.4 is 0 Å². The lowest BCUT2D eigenvalue weighted by Gasteiger charge is -2.05. The van der Waals surface area contributed by atoms with E-state index in [-0.39, 0.29) is 11.5 Å². The minimum Gasteiger partial charge on any atom is -0.504 e. The fourth-order valence-corrected chi connectivity index (χ4v) is 1.79. The highest BCUT2D eigenvalue weighted by Gasteiger charge is 2.06. The van der Waals surface area contributed by atoms with Crippen molar-refractivity contribution in [1.82, 2.24) is 0 Å². The lowest BCUT2D eigenvalue weighted by Crippen LogP contribution is -1.79. The summed E-state index contributed by atoms with van der Waals surface area (Å²) < 4.78 is 0.995. The van der Waals surface area contributed by atoms with Crippen molar-refractivity contribution >= 4 is 26.7 Å². The van der Waals surface area contributed by atoms with Gasteiger partial charge in [-0.3, -0.25) is 0 Å². The molecule has 2 N–H and O–H groups in total. The van der Waals surface area contributed by atoms with Gasteiger partial charge >= 0.3 is 0 Å². The van der Waals surface area contributed by atoms with E-state index in [1.54, 1.807) is 6.07 Å². The molecule has 2 aromatic carbocycles. The molecular formula is C11H9BrO2. The lowest BCUT2D eigenvalue weighted by atomic mass is 10.1. The maximum Gasteiger partial charge on any atom is 0.165 e. The van der Waals surface area contributed by atoms with Crippen molar-refractivity contribution < 1.29 is 10.2 Å². The molecule has 72 valence electrons. The Morgan fingerprint density at radius 3 is 2.57 bits per heavy atom. The quantitative estimate of drug-likeness (QED) is 0.707. The molecule has 0 aromatic heterocycles. The SMILES string of the molecule is Cc1cc2c(O)c(O)ccc2cc1Br. The summed E-state index contributed by atoms with van der Waals surface area (Å²) in [5, 5.41) is 20.5. The molecule has 0 amide bonds. The Kier molecular flexibility index (Phi) is 2.11. The Morgan fingerprint density at radius 2 is 1.86 bits per heavy atom. The Bertz CT molecular complexity index is 506. The van der Waals surface area contributed by atoms with Crippen LogP contribution in [0, 0.1) is 6.92 Å². The van der Waals surface area contributed by atoms with E-state index in [9.17, 15) is 10.2 Å². The molecule has 0 saturated carbocycles. The van der Waals surface area contributed by atoms with Gasteiger partial charge in [0.15, 0.2) is 11.5 Å².